The van der Waals surface area contributed by atoms with Crippen LogP contribution in [0.5, 0.6) is 11.5 Å². The maximum absolute atomic E-state index is 12.3. The zero-order valence-corrected chi connectivity index (χ0v) is 13.5. The first kappa shape index (κ1) is 17.7. The second-order valence-electron chi connectivity index (χ2n) is 5.23. The van der Waals surface area contributed by atoms with Crippen LogP contribution >= 0.6 is 0 Å². The fourth-order valence-electron chi connectivity index (χ4n) is 1.93. The van der Waals surface area contributed by atoms with E-state index in [4.69, 9.17) is 9.57 Å². The normalized spacial score (nSPS) is 11.2. The lowest BCUT2D eigenvalue weighted by Gasteiger charge is -2.09. The van der Waals surface area contributed by atoms with Crippen molar-refractivity contribution in [2.45, 2.75) is 33.2 Å². The molecule has 0 aromatic heterocycles. The highest BCUT2D eigenvalue weighted by Crippen LogP contribution is 2.18. The molecule has 6 heteroatoms. The number of hydrogen-bond donors (Lipinski definition) is 0. The van der Waals surface area contributed by atoms with Gasteiger partial charge in [0.1, 0.15) is 18.1 Å². The highest BCUT2D eigenvalue weighted by atomic mass is 19.3. The first-order valence-corrected chi connectivity index (χ1v) is 7.49. The Morgan fingerprint density at radius 2 is 1.71 bits per heavy atom. The van der Waals surface area contributed by atoms with Gasteiger partial charge in [0, 0.05) is 5.56 Å². The number of oxime groups is 1. The molecule has 0 radical (unpaired) electrons. The predicted octanol–water partition coefficient (Wildman–Crippen LogP) is 4.63. The van der Waals surface area contributed by atoms with Gasteiger partial charge in [0.25, 0.3) is 0 Å². The minimum absolute atomic E-state index is 0.0510. The summed E-state index contributed by atoms with van der Waals surface area (Å²) >= 11 is 0. The SMILES string of the molecule is CC(C)Oc1ccc(CO/N=C/c2ccccc2OC(F)F)cc1. The minimum Gasteiger partial charge on any atom is -0.491 e. The molecule has 2 rings (SSSR count). The monoisotopic (exact) mass is 335 g/mol. The summed E-state index contributed by atoms with van der Waals surface area (Å²) in [5, 5.41) is 3.79. The number of halogens is 2. The highest BCUT2D eigenvalue weighted by Gasteiger charge is 2.07. The molecular weight excluding hydrogens is 316 g/mol. The smallest absolute Gasteiger partial charge is 0.387 e. The van der Waals surface area contributed by atoms with Crippen LogP contribution in [0.2, 0.25) is 0 Å². The molecule has 0 unspecified atom stereocenters. The average molecular weight is 335 g/mol. The summed E-state index contributed by atoms with van der Waals surface area (Å²) in [7, 11) is 0. The van der Waals surface area contributed by atoms with E-state index in [1.807, 2.05) is 38.1 Å². The summed E-state index contributed by atoms with van der Waals surface area (Å²) < 4.78 is 34.6. The van der Waals surface area contributed by atoms with Crippen LogP contribution in [0.4, 0.5) is 8.78 Å². The lowest BCUT2D eigenvalue weighted by molar-refractivity contribution is -0.0499. The topological polar surface area (TPSA) is 40.0 Å². The van der Waals surface area contributed by atoms with Crippen molar-refractivity contribution >= 4 is 6.21 Å². The van der Waals surface area contributed by atoms with E-state index in [2.05, 4.69) is 9.89 Å². The maximum Gasteiger partial charge on any atom is 0.387 e. The second kappa shape index (κ2) is 8.86. The van der Waals surface area contributed by atoms with E-state index < -0.39 is 6.61 Å². The standard InChI is InChI=1S/C18H19F2NO3/c1-13(2)23-16-9-7-14(8-10-16)12-22-21-11-15-5-3-4-6-17(15)24-18(19)20/h3-11,13,18H,12H2,1-2H3/b21-11+. The number of para-hydroxylation sites is 1. The molecule has 2 aromatic rings. The molecule has 0 saturated heterocycles. The van der Waals surface area contributed by atoms with Gasteiger partial charge in [0.05, 0.1) is 12.3 Å². The van der Waals surface area contributed by atoms with Crippen LogP contribution < -0.4 is 9.47 Å². The Morgan fingerprint density at radius 1 is 1.00 bits per heavy atom. The molecule has 0 bridgehead atoms. The number of rotatable bonds is 8. The molecule has 0 aliphatic heterocycles. The number of nitrogens with zero attached hydrogens (tertiary/aromatic N) is 1. The summed E-state index contributed by atoms with van der Waals surface area (Å²) in [6, 6.07) is 13.8. The van der Waals surface area contributed by atoms with Crippen LogP contribution in [0.25, 0.3) is 0 Å². The van der Waals surface area contributed by atoms with E-state index >= 15 is 0 Å². The van der Waals surface area contributed by atoms with Crippen molar-refractivity contribution in [2.75, 3.05) is 0 Å². The van der Waals surface area contributed by atoms with Gasteiger partial charge in [0.15, 0.2) is 0 Å². The van der Waals surface area contributed by atoms with Crippen LogP contribution in [0, 0.1) is 0 Å². The van der Waals surface area contributed by atoms with Gasteiger partial charge in [-0.25, -0.2) is 0 Å². The molecule has 0 aliphatic rings. The third-order valence-corrected chi connectivity index (χ3v) is 2.93. The van der Waals surface area contributed by atoms with Crippen molar-refractivity contribution < 1.29 is 23.1 Å². The predicted molar refractivity (Wildman–Crippen MR) is 87.7 cm³/mol. The molecule has 0 heterocycles. The first-order chi connectivity index (χ1) is 11.5. The fraction of sp³-hybridized carbons (Fsp3) is 0.278. The molecule has 0 saturated carbocycles. The van der Waals surface area contributed by atoms with E-state index in [1.54, 1.807) is 18.2 Å². The van der Waals surface area contributed by atoms with Crippen molar-refractivity contribution in [3.63, 3.8) is 0 Å². The maximum atomic E-state index is 12.3. The summed E-state index contributed by atoms with van der Waals surface area (Å²) in [6.45, 7) is 1.30. The van der Waals surface area contributed by atoms with Crippen LogP contribution in [0.3, 0.4) is 0 Å². The fourth-order valence-corrected chi connectivity index (χ4v) is 1.93. The van der Waals surface area contributed by atoms with Crippen LogP contribution in [-0.4, -0.2) is 18.9 Å². The third kappa shape index (κ3) is 5.87. The Balaban J connectivity index is 1.89. The van der Waals surface area contributed by atoms with Gasteiger partial charge in [-0.15, -0.1) is 0 Å². The highest BCUT2D eigenvalue weighted by molar-refractivity contribution is 5.83. The van der Waals surface area contributed by atoms with E-state index in [1.165, 1.54) is 12.3 Å². The lowest BCUT2D eigenvalue weighted by atomic mass is 10.2. The summed E-state index contributed by atoms with van der Waals surface area (Å²) in [6.07, 6.45) is 1.46. The van der Waals surface area contributed by atoms with Crippen molar-refractivity contribution in [3.8, 4) is 11.5 Å². The molecule has 4 nitrogen and oxygen atoms in total. The molecule has 0 fully saturated rings. The van der Waals surface area contributed by atoms with E-state index in [0.717, 1.165) is 11.3 Å². The quantitative estimate of drug-likeness (QED) is 0.522. The molecule has 0 aliphatic carbocycles. The Labute approximate surface area is 139 Å². The molecule has 0 spiro atoms. The van der Waals surface area contributed by atoms with Gasteiger partial charge in [-0.2, -0.15) is 8.78 Å². The Hall–Kier alpha value is -2.63. The first-order valence-electron chi connectivity index (χ1n) is 7.49. The van der Waals surface area contributed by atoms with Crippen LogP contribution in [0.1, 0.15) is 25.0 Å². The summed E-state index contributed by atoms with van der Waals surface area (Å²) in [4.78, 5) is 5.19. The molecule has 24 heavy (non-hydrogen) atoms. The minimum atomic E-state index is -2.88. The summed E-state index contributed by atoms with van der Waals surface area (Å²) in [5.41, 5.74) is 1.33. The molecule has 2 aromatic carbocycles. The van der Waals surface area contributed by atoms with Crippen molar-refractivity contribution in [3.05, 3.63) is 59.7 Å². The zero-order chi connectivity index (χ0) is 17.4. The summed E-state index contributed by atoms with van der Waals surface area (Å²) in [5.74, 6) is 0.838. The van der Waals surface area contributed by atoms with Gasteiger partial charge in [0.2, 0.25) is 0 Å². The van der Waals surface area contributed by atoms with Gasteiger partial charge in [-0.3, -0.25) is 0 Å². The molecule has 0 amide bonds. The second-order valence-corrected chi connectivity index (χ2v) is 5.23. The van der Waals surface area contributed by atoms with E-state index in [-0.39, 0.29) is 18.5 Å². The number of alkyl halides is 2. The number of ether oxygens (including phenoxy) is 2. The van der Waals surface area contributed by atoms with E-state index in [9.17, 15) is 8.78 Å². The van der Waals surface area contributed by atoms with Crippen LogP contribution in [0.15, 0.2) is 53.7 Å². The van der Waals surface area contributed by atoms with Crippen molar-refractivity contribution in [1.29, 1.82) is 0 Å². The molecular formula is C18H19F2NO3. The third-order valence-electron chi connectivity index (χ3n) is 2.93. The van der Waals surface area contributed by atoms with Gasteiger partial charge < -0.3 is 14.3 Å². The van der Waals surface area contributed by atoms with Crippen molar-refractivity contribution in [1.82, 2.24) is 0 Å². The largest absolute Gasteiger partial charge is 0.491 e. The van der Waals surface area contributed by atoms with Gasteiger partial charge >= 0.3 is 6.61 Å². The van der Waals surface area contributed by atoms with Gasteiger partial charge in [-0.1, -0.05) is 29.4 Å². The van der Waals surface area contributed by atoms with Crippen molar-refractivity contribution in [2.24, 2.45) is 5.16 Å². The van der Waals surface area contributed by atoms with Gasteiger partial charge in [-0.05, 0) is 43.7 Å². The number of hydrogen-bond acceptors (Lipinski definition) is 4. The lowest BCUT2D eigenvalue weighted by Crippen LogP contribution is -2.05. The van der Waals surface area contributed by atoms with E-state index in [0.29, 0.717) is 5.56 Å². The Kier molecular flexibility index (Phi) is 6.54. The zero-order valence-electron chi connectivity index (χ0n) is 13.5. The average Bonchev–Trinajstić information content (AvgIpc) is 2.53. The molecule has 0 N–H and O–H groups in total. The van der Waals surface area contributed by atoms with Crippen LogP contribution in [-0.2, 0) is 11.4 Å². The Bertz CT molecular complexity index is 658. The molecule has 0 atom stereocenters. The molecule has 128 valence electrons. The Morgan fingerprint density at radius 3 is 2.38 bits per heavy atom. The number of benzene rings is 2.